The van der Waals surface area contributed by atoms with Gasteiger partial charge in [-0.3, -0.25) is 4.79 Å². The zero-order valence-electron chi connectivity index (χ0n) is 11.2. The van der Waals surface area contributed by atoms with Crippen LogP contribution >= 0.6 is 11.6 Å². The molecule has 18 heavy (non-hydrogen) atoms. The molecule has 1 aromatic carbocycles. The Hall–Kier alpha value is -1.02. The van der Waals surface area contributed by atoms with Gasteiger partial charge in [0.05, 0.1) is 12.0 Å². The van der Waals surface area contributed by atoms with Crippen LogP contribution in [0.1, 0.15) is 39.2 Å². The van der Waals surface area contributed by atoms with Crippen LogP contribution < -0.4 is 0 Å². The van der Waals surface area contributed by atoms with Crippen LogP contribution in [0.15, 0.2) is 24.3 Å². The molecular weight excluding hydrogens is 248 g/mol. The van der Waals surface area contributed by atoms with Crippen LogP contribution in [-0.4, -0.2) is 12.1 Å². The molecule has 1 fully saturated rings. The van der Waals surface area contributed by atoms with Crippen LogP contribution in [0.25, 0.3) is 0 Å². The molecular formula is C15H19ClO2. The predicted octanol–water partition coefficient (Wildman–Crippen LogP) is 4.03. The van der Waals surface area contributed by atoms with Crippen molar-refractivity contribution >= 4 is 17.6 Å². The fourth-order valence-electron chi connectivity index (χ4n) is 2.71. The monoisotopic (exact) mass is 266 g/mol. The summed E-state index contributed by atoms with van der Waals surface area (Å²) in [6.45, 7) is 7.96. The van der Waals surface area contributed by atoms with E-state index < -0.39 is 0 Å². The standard InChI is InChI=1S/C15H19ClO2/c1-9(2)18-14(17)13-12(15(13,3)4)10-6-5-7-11(16)8-10/h5-9,12-13H,1-4H3. The largest absolute Gasteiger partial charge is 0.463 e. The molecule has 0 heterocycles. The van der Waals surface area contributed by atoms with E-state index in [2.05, 4.69) is 13.8 Å². The number of esters is 1. The van der Waals surface area contributed by atoms with E-state index >= 15 is 0 Å². The van der Waals surface area contributed by atoms with Crippen LogP contribution in [0.4, 0.5) is 0 Å². The van der Waals surface area contributed by atoms with Gasteiger partial charge in [0.1, 0.15) is 0 Å². The second-order valence-corrected chi connectivity index (χ2v) is 6.25. The predicted molar refractivity (Wildman–Crippen MR) is 72.7 cm³/mol. The lowest BCUT2D eigenvalue weighted by molar-refractivity contribution is -0.149. The second kappa shape index (κ2) is 4.58. The number of halogens is 1. The summed E-state index contributed by atoms with van der Waals surface area (Å²) in [5.74, 6) is 0.0563. The van der Waals surface area contributed by atoms with Gasteiger partial charge in [-0.05, 0) is 37.0 Å². The zero-order chi connectivity index (χ0) is 13.5. The van der Waals surface area contributed by atoms with Gasteiger partial charge in [0.25, 0.3) is 0 Å². The van der Waals surface area contributed by atoms with Crippen molar-refractivity contribution in [2.45, 2.75) is 39.7 Å². The van der Waals surface area contributed by atoms with Crippen molar-refractivity contribution < 1.29 is 9.53 Å². The summed E-state index contributed by atoms with van der Waals surface area (Å²) in [7, 11) is 0. The van der Waals surface area contributed by atoms with Gasteiger partial charge in [-0.15, -0.1) is 0 Å². The molecule has 0 amide bonds. The Bertz CT molecular complexity index is 465. The molecule has 0 radical (unpaired) electrons. The van der Waals surface area contributed by atoms with Crippen molar-refractivity contribution in [2.24, 2.45) is 11.3 Å². The number of hydrogen-bond donors (Lipinski definition) is 0. The van der Waals surface area contributed by atoms with Crippen molar-refractivity contribution in [2.75, 3.05) is 0 Å². The Morgan fingerprint density at radius 3 is 2.61 bits per heavy atom. The van der Waals surface area contributed by atoms with Gasteiger partial charge < -0.3 is 4.74 Å². The van der Waals surface area contributed by atoms with E-state index in [1.165, 1.54) is 0 Å². The highest BCUT2D eigenvalue weighted by Crippen LogP contribution is 2.65. The molecule has 3 heteroatoms. The average molecular weight is 267 g/mol. The van der Waals surface area contributed by atoms with Gasteiger partial charge in [-0.2, -0.15) is 0 Å². The third kappa shape index (κ3) is 2.39. The summed E-state index contributed by atoms with van der Waals surface area (Å²) < 4.78 is 5.32. The quantitative estimate of drug-likeness (QED) is 0.772. The third-order valence-electron chi connectivity index (χ3n) is 3.64. The van der Waals surface area contributed by atoms with Crippen molar-refractivity contribution in [1.82, 2.24) is 0 Å². The Morgan fingerprint density at radius 2 is 2.06 bits per heavy atom. The van der Waals surface area contributed by atoms with Gasteiger partial charge in [0, 0.05) is 10.9 Å². The number of carbonyl (C=O) groups excluding carboxylic acids is 1. The number of hydrogen-bond acceptors (Lipinski definition) is 2. The highest BCUT2D eigenvalue weighted by Gasteiger charge is 2.63. The number of carbonyl (C=O) groups is 1. The fourth-order valence-corrected chi connectivity index (χ4v) is 2.90. The molecule has 0 aliphatic heterocycles. The van der Waals surface area contributed by atoms with Gasteiger partial charge in [-0.1, -0.05) is 37.6 Å². The maximum atomic E-state index is 12.0. The Labute approximate surface area is 113 Å². The van der Waals surface area contributed by atoms with Crippen LogP contribution in [0.5, 0.6) is 0 Å². The SMILES string of the molecule is CC(C)OC(=O)C1C(c2cccc(Cl)c2)C1(C)C. The third-order valence-corrected chi connectivity index (χ3v) is 3.88. The van der Waals surface area contributed by atoms with Crippen molar-refractivity contribution in [3.8, 4) is 0 Å². The Kier molecular flexibility index (Phi) is 3.41. The lowest BCUT2D eigenvalue weighted by Gasteiger charge is -2.08. The molecule has 1 aliphatic carbocycles. The van der Waals surface area contributed by atoms with E-state index in [9.17, 15) is 4.79 Å². The van der Waals surface area contributed by atoms with Crippen LogP contribution in [-0.2, 0) is 9.53 Å². The number of ether oxygens (including phenoxy) is 1. The van der Waals surface area contributed by atoms with Crippen molar-refractivity contribution in [3.05, 3.63) is 34.9 Å². The average Bonchev–Trinajstić information content (AvgIpc) is 2.80. The topological polar surface area (TPSA) is 26.3 Å². The first-order chi connectivity index (χ1) is 8.34. The molecule has 1 aromatic rings. The smallest absolute Gasteiger partial charge is 0.310 e. The summed E-state index contributed by atoms with van der Waals surface area (Å²) in [4.78, 5) is 12.0. The van der Waals surface area contributed by atoms with Gasteiger partial charge in [0.2, 0.25) is 0 Å². The minimum Gasteiger partial charge on any atom is -0.463 e. The van der Waals surface area contributed by atoms with E-state index in [-0.39, 0.29) is 29.3 Å². The molecule has 2 rings (SSSR count). The molecule has 0 saturated heterocycles. The Balaban J connectivity index is 2.18. The van der Waals surface area contributed by atoms with E-state index in [0.717, 1.165) is 5.56 Å². The molecule has 2 atom stereocenters. The minimum absolute atomic E-state index is 0.0450. The maximum absolute atomic E-state index is 12.0. The molecule has 2 nitrogen and oxygen atoms in total. The van der Waals surface area contributed by atoms with E-state index in [1.54, 1.807) is 0 Å². The minimum atomic E-state index is -0.0972. The lowest BCUT2D eigenvalue weighted by atomic mass is 10.0. The van der Waals surface area contributed by atoms with Gasteiger partial charge in [-0.25, -0.2) is 0 Å². The summed E-state index contributed by atoms with van der Waals surface area (Å²) in [6, 6.07) is 7.75. The van der Waals surface area contributed by atoms with Crippen molar-refractivity contribution in [1.29, 1.82) is 0 Å². The van der Waals surface area contributed by atoms with Crippen LogP contribution in [0, 0.1) is 11.3 Å². The molecule has 0 aromatic heterocycles. The second-order valence-electron chi connectivity index (χ2n) is 5.82. The summed E-state index contributed by atoms with van der Waals surface area (Å²) in [5, 5.41) is 0.714. The highest BCUT2D eigenvalue weighted by molar-refractivity contribution is 6.30. The first-order valence-corrected chi connectivity index (χ1v) is 6.67. The molecule has 2 unspecified atom stereocenters. The molecule has 0 spiro atoms. The first kappa shape index (κ1) is 13.4. The molecule has 1 saturated carbocycles. The highest BCUT2D eigenvalue weighted by atomic mass is 35.5. The summed E-state index contributed by atoms with van der Waals surface area (Å²) in [6.07, 6.45) is -0.0612. The molecule has 0 N–H and O–H groups in total. The van der Waals surface area contributed by atoms with E-state index in [0.29, 0.717) is 5.02 Å². The van der Waals surface area contributed by atoms with Crippen LogP contribution in [0.2, 0.25) is 5.02 Å². The van der Waals surface area contributed by atoms with E-state index in [4.69, 9.17) is 16.3 Å². The molecule has 0 bridgehead atoms. The van der Waals surface area contributed by atoms with Crippen LogP contribution in [0.3, 0.4) is 0 Å². The number of rotatable bonds is 3. The number of benzene rings is 1. The zero-order valence-corrected chi connectivity index (χ0v) is 12.0. The first-order valence-electron chi connectivity index (χ1n) is 6.30. The summed E-state index contributed by atoms with van der Waals surface area (Å²) >= 11 is 6.01. The van der Waals surface area contributed by atoms with E-state index in [1.807, 2.05) is 38.1 Å². The lowest BCUT2D eigenvalue weighted by Crippen LogP contribution is -2.15. The molecule has 1 aliphatic rings. The fraction of sp³-hybridized carbons (Fsp3) is 0.533. The van der Waals surface area contributed by atoms with Gasteiger partial charge >= 0.3 is 5.97 Å². The van der Waals surface area contributed by atoms with Gasteiger partial charge in [0.15, 0.2) is 0 Å². The maximum Gasteiger partial charge on any atom is 0.310 e. The summed E-state index contributed by atoms with van der Waals surface area (Å²) in [5.41, 5.74) is 1.08. The normalized spacial score (nSPS) is 25.0. The Morgan fingerprint density at radius 1 is 1.39 bits per heavy atom. The molecule has 98 valence electrons. The van der Waals surface area contributed by atoms with Crippen molar-refractivity contribution in [3.63, 3.8) is 0 Å².